The van der Waals surface area contributed by atoms with E-state index in [1.54, 1.807) is 32.3 Å². The second-order valence-electron chi connectivity index (χ2n) is 3.75. The smallest absolute Gasteiger partial charge is 0.255 e. The molecule has 0 fully saturated rings. The maximum Gasteiger partial charge on any atom is 0.255 e. The summed E-state index contributed by atoms with van der Waals surface area (Å²) in [6.45, 7) is 0. The lowest BCUT2D eigenvalue weighted by molar-refractivity contribution is -0.137. The fourth-order valence-electron chi connectivity index (χ4n) is 1.41. The molecule has 0 aliphatic heterocycles. The van der Waals surface area contributed by atoms with E-state index in [0.29, 0.717) is 17.1 Å². The van der Waals surface area contributed by atoms with Crippen molar-refractivity contribution in [3.8, 4) is 11.5 Å². The van der Waals surface area contributed by atoms with E-state index in [1.165, 1.54) is 19.1 Å². The number of likely N-dealkylation sites (N-methyl/N-ethyl adjacent to an activating group) is 1. The number of carbonyl (C=O) groups is 1. The van der Waals surface area contributed by atoms with Crippen molar-refractivity contribution in [2.24, 2.45) is 0 Å². The molecular weight excluding hydrogens is 222 g/mol. The van der Waals surface area contributed by atoms with Gasteiger partial charge in [0.05, 0.1) is 14.2 Å². The van der Waals surface area contributed by atoms with Crippen LogP contribution in [0.5, 0.6) is 11.5 Å². The molecule has 1 amide bonds. The number of carbonyl (C=O) groups excluding carboxylic acids is 1. The molecule has 1 aromatic carbocycles. The van der Waals surface area contributed by atoms with Gasteiger partial charge in [-0.15, -0.1) is 0 Å². The fraction of sp³-hybridized carbons (Fsp3) is 0.417. The van der Waals surface area contributed by atoms with E-state index in [4.69, 9.17) is 9.47 Å². The van der Waals surface area contributed by atoms with Crippen molar-refractivity contribution in [2.45, 2.75) is 6.10 Å². The molecule has 0 aliphatic rings. The van der Waals surface area contributed by atoms with Gasteiger partial charge in [0.2, 0.25) is 0 Å². The Morgan fingerprint density at radius 3 is 2.29 bits per heavy atom. The summed E-state index contributed by atoms with van der Waals surface area (Å²) in [4.78, 5) is 12.9. The third kappa shape index (κ3) is 2.88. The first-order valence-corrected chi connectivity index (χ1v) is 5.12. The van der Waals surface area contributed by atoms with Crippen LogP contribution >= 0.6 is 0 Å². The van der Waals surface area contributed by atoms with E-state index in [2.05, 4.69) is 0 Å². The van der Waals surface area contributed by atoms with E-state index >= 15 is 0 Å². The number of amides is 1. The van der Waals surface area contributed by atoms with Crippen LogP contribution < -0.4 is 9.47 Å². The SMILES string of the molecule is COc1ccc([C@@H](O)C(=O)N(C)C)cc1OC. The highest BCUT2D eigenvalue weighted by molar-refractivity contribution is 5.81. The Bertz CT molecular complexity index is 403. The average Bonchev–Trinajstić information content (AvgIpc) is 2.35. The zero-order chi connectivity index (χ0) is 13.0. The summed E-state index contributed by atoms with van der Waals surface area (Å²) >= 11 is 0. The Morgan fingerprint density at radius 2 is 1.82 bits per heavy atom. The number of hydrogen-bond acceptors (Lipinski definition) is 4. The van der Waals surface area contributed by atoms with Gasteiger partial charge in [-0.1, -0.05) is 6.07 Å². The summed E-state index contributed by atoms with van der Waals surface area (Å²) in [5.41, 5.74) is 0.473. The van der Waals surface area contributed by atoms with Crippen LogP contribution in [0, 0.1) is 0 Å². The van der Waals surface area contributed by atoms with Crippen molar-refractivity contribution in [3.63, 3.8) is 0 Å². The first kappa shape index (κ1) is 13.3. The van der Waals surface area contributed by atoms with Gasteiger partial charge in [0, 0.05) is 14.1 Å². The summed E-state index contributed by atoms with van der Waals surface area (Å²) in [6, 6.07) is 4.87. The van der Waals surface area contributed by atoms with Crippen molar-refractivity contribution in [3.05, 3.63) is 23.8 Å². The van der Waals surface area contributed by atoms with Gasteiger partial charge in [0.25, 0.3) is 5.91 Å². The van der Waals surface area contributed by atoms with E-state index in [9.17, 15) is 9.90 Å². The first-order valence-electron chi connectivity index (χ1n) is 5.12. The Hall–Kier alpha value is -1.75. The average molecular weight is 239 g/mol. The predicted octanol–water partition coefficient (Wildman–Crippen LogP) is 0.825. The summed E-state index contributed by atoms with van der Waals surface area (Å²) in [7, 11) is 6.21. The molecule has 0 aliphatic carbocycles. The first-order chi connectivity index (χ1) is 8.01. The molecule has 5 heteroatoms. The van der Waals surface area contributed by atoms with Gasteiger partial charge in [-0.05, 0) is 17.7 Å². The van der Waals surface area contributed by atoms with Gasteiger partial charge in [0.15, 0.2) is 17.6 Å². The van der Waals surface area contributed by atoms with Crippen LogP contribution in [-0.4, -0.2) is 44.2 Å². The third-order valence-corrected chi connectivity index (χ3v) is 2.40. The lowest BCUT2D eigenvalue weighted by Crippen LogP contribution is -2.28. The number of hydrogen-bond donors (Lipinski definition) is 1. The van der Waals surface area contributed by atoms with E-state index in [1.807, 2.05) is 0 Å². The topological polar surface area (TPSA) is 59.0 Å². The molecule has 1 rings (SSSR count). The second kappa shape index (κ2) is 5.54. The van der Waals surface area contributed by atoms with E-state index in [-0.39, 0.29) is 5.91 Å². The number of aliphatic hydroxyl groups is 1. The zero-order valence-corrected chi connectivity index (χ0v) is 10.4. The molecule has 94 valence electrons. The number of rotatable bonds is 4. The summed E-state index contributed by atoms with van der Waals surface area (Å²) < 4.78 is 10.2. The maximum absolute atomic E-state index is 11.6. The monoisotopic (exact) mass is 239 g/mol. The number of methoxy groups -OCH3 is 2. The van der Waals surface area contributed by atoms with Crippen molar-refractivity contribution in [1.82, 2.24) is 4.90 Å². The highest BCUT2D eigenvalue weighted by Crippen LogP contribution is 2.30. The minimum Gasteiger partial charge on any atom is -0.493 e. The molecule has 5 nitrogen and oxygen atoms in total. The van der Waals surface area contributed by atoms with Crippen LogP contribution in [0.2, 0.25) is 0 Å². The molecule has 0 saturated carbocycles. The van der Waals surface area contributed by atoms with Crippen LogP contribution in [0.25, 0.3) is 0 Å². The normalized spacial score (nSPS) is 11.8. The molecule has 0 spiro atoms. The Kier molecular flexibility index (Phi) is 4.34. The predicted molar refractivity (Wildman–Crippen MR) is 63.2 cm³/mol. The van der Waals surface area contributed by atoms with Crippen LogP contribution in [0.1, 0.15) is 11.7 Å². The highest BCUT2D eigenvalue weighted by atomic mass is 16.5. The molecule has 1 aromatic rings. The molecule has 0 bridgehead atoms. The molecular formula is C12H17NO4. The molecule has 0 saturated heterocycles. The number of ether oxygens (including phenoxy) is 2. The Labute approximate surface area is 101 Å². The number of benzene rings is 1. The minimum atomic E-state index is -1.19. The quantitative estimate of drug-likeness (QED) is 0.845. The summed E-state index contributed by atoms with van der Waals surface area (Å²) in [5.74, 6) is 0.661. The van der Waals surface area contributed by atoms with E-state index < -0.39 is 6.10 Å². The molecule has 17 heavy (non-hydrogen) atoms. The van der Waals surface area contributed by atoms with Crippen molar-refractivity contribution >= 4 is 5.91 Å². The highest BCUT2D eigenvalue weighted by Gasteiger charge is 2.20. The van der Waals surface area contributed by atoms with Crippen molar-refractivity contribution in [2.75, 3.05) is 28.3 Å². The molecule has 0 aromatic heterocycles. The van der Waals surface area contributed by atoms with Crippen molar-refractivity contribution in [1.29, 1.82) is 0 Å². The maximum atomic E-state index is 11.6. The molecule has 0 radical (unpaired) electrons. The van der Waals surface area contributed by atoms with Crippen LogP contribution in [0.3, 0.4) is 0 Å². The van der Waals surface area contributed by atoms with Crippen molar-refractivity contribution < 1.29 is 19.4 Å². The molecule has 1 atom stereocenters. The van der Waals surface area contributed by atoms with Gasteiger partial charge >= 0.3 is 0 Å². The van der Waals surface area contributed by atoms with Crippen LogP contribution in [-0.2, 0) is 4.79 Å². The summed E-state index contributed by atoms with van der Waals surface area (Å²) in [5, 5.41) is 9.86. The standard InChI is InChI=1S/C12H17NO4/c1-13(2)12(15)11(14)8-5-6-9(16-3)10(7-8)17-4/h5-7,11,14H,1-4H3/t11-/m1/s1. The molecule has 1 N–H and O–H groups in total. The number of aliphatic hydroxyl groups excluding tert-OH is 1. The van der Waals surface area contributed by atoms with Gasteiger partial charge in [-0.25, -0.2) is 0 Å². The minimum absolute atomic E-state index is 0.378. The van der Waals surface area contributed by atoms with Gasteiger partial charge in [-0.2, -0.15) is 0 Å². The summed E-state index contributed by atoms with van der Waals surface area (Å²) in [6.07, 6.45) is -1.19. The lowest BCUT2D eigenvalue weighted by Gasteiger charge is -2.17. The van der Waals surface area contributed by atoms with Gasteiger partial charge in [0.1, 0.15) is 0 Å². The lowest BCUT2D eigenvalue weighted by atomic mass is 10.1. The van der Waals surface area contributed by atoms with Gasteiger partial charge in [-0.3, -0.25) is 4.79 Å². The fourth-order valence-corrected chi connectivity index (χ4v) is 1.41. The van der Waals surface area contributed by atoms with Crippen LogP contribution in [0.15, 0.2) is 18.2 Å². The largest absolute Gasteiger partial charge is 0.493 e. The molecule has 0 heterocycles. The van der Waals surface area contributed by atoms with Gasteiger partial charge < -0.3 is 19.5 Å². The zero-order valence-electron chi connectivity index (χ0n) is 10.4. The van der Waals surface area contributed by atoms with E-state index in [0.717, 1.165) is 0 Å². The second-order valence-corrected chi connectivity index (χ2v) is 3.75. The third-order valence-electron chi connectivity index (χ3n) is 2.40. The number of nitrogens with zero attached hydrogens (tertiary/aromatic N) is 1. The Balaban J connectivity index is 3.03. The molecule has 0 unspecified atom stereocenters. The Morgan fingerprint density at radius 1 is 1.24 bits per heavy atom. The van der Waals surface area contributed by atoms with Crippen LogP contribution in [0.4, 0.5) is 0 Å².